The molecule has 0 bridgehead atoms. The van der Waals surface area contributed by atoms with E-state index in [1.54, 1.807) is 12.1 Å². The minimum absolute atomic E-state index is 0.331. The van der Waals surface area contributed by atoms with E-state index < -0.39 is 5.97 Å². The molecule has 6 rings (SSSR count). The van der Waals surface area contributed by atoms with E-state index in [9.17, 15) is 4.79 Å². The molecule has 0 atom stereocenters. The molecule has 5 nitrogen and oxygen atoms in total. The first-order valence-corrected chi connectivity index (χ1v) is 16.0. The molecular weight excluding hydrogens is 540 g/mol. The normalized spacial score (nSPS) is 19.5. The van der Waals surface area contributed by atoms with Gasteiger partial charge in [0.25, 0.3) is 0 Å². The van der Waals surface area contributed by atoms with Crippen LogP contribution in [0.1, 0.15) is 64.9 Å². The van der Waals surface area contributed by atoms with Gasteiger partial charge >= 0.3 is 5.97 Å². The lowest BCUT2D eigenvalue weighted by molar-refractivity contribution is 0.0697. The predicted molar refractivity (Wildman–Crippen MR) is 172 cm³/mol. The van der Waals surface area contributed by atoms with E-state index >= 15 is 0 Å². The van der Waals surface area contributed by atoms with Crippen LogP contribution in [0.4, 0.5) is 5.69 Å². The number of ether oxygens (including phenoxy) is 1. The van der Waals surface area contributed by atoms with Gasteiger partial charge in [0.2, 0.25) is 0 Å². The molecule has 1 saturated carbocycles. The highest BCUT2D eigenvalue weighted by atomic mass is 32.1. The standard InChI is InChI=1S/C36H40N2O3S/c1-26-2-6-28(7-3-26)29-8-4-27(5-9-29)25-41-33-16-12-30(13-17-33)35-19-18-34(42-35)24-37-20-22-38(23-21-37)32-14-10-31(11-15-32)36(39)40/h4-5,8-19,26,28H,2-3,6-7,20-25H2,1H3,(H,39,40). The van der Waals surface area contributed by atoms with Crippen molar-refractivity contribution < 1.29 is 14.6 Å². The number of anilines is 1. The molecule has 1 aliphatic carbocycles. The summed E-state index contributed by atoms with van der Waals surface area (Å²) >= 11 is 1.86. The summed E-state index contributed by atoms with van der Waals surface area (Å²) in [6, 6.07) is 29.2. The first kappa shape index (κ1) is 28.5. The second-order valence-corrected chi connectivity index (χ2v) is 13.1. The van der Waals surface area contributed by atoms with Crippen molar-refractivity contribution in [3.05, 3.63) is 106 Å². The van der Waals surface area contributed by atoms with Gasteiger partial charge in [-0.2, -0.15) is 0 Å². The molecular formula is C36H40N2O3S. The number of aromatic carboxylic acids is 1. The maximum absolute atomic E-state index is 11.1. The number of rotatable bonds is 9. The van der Waals surface area contributed by atoms with Gasteiger partial charge < -0.3 is 14.7 Å². The number of carbonyl (C=O) groups is 1. The minimum Gasteiger partial charge on any atom is -0.489 e. The van der Waals surface area contributed by atoms with Gasteiger partial charge in [-0.25, -0.2) is 4.79 Å². The summed E-state index contributed by atoms with van der Waals surface area (Å²) in [7, 11) is 0. The van der Waals surface area contributed by atoms with Crippen LogP contribution in [-0.4, -0.2) is 42.2 Å². The van der Waals surface area contributed by atoms with Crippen molar-refractivity contribution in [2.75, 3.05) is 31.1 Å². The Balaban J connectivity index is 0.966. The van der Waals surface area contributed by atoms with Crippen molar-refractivity contribution in [3.8, 4) is 16.2 Å². The summed E-state index contributed by atoms with van der Waals surface area (Å²) < 4.78 is 6.11. The van der Waals surface area contributed by atoms with Gasteiger partial charge in [0.15, 0.2) is 0 Å². The Labute approximate surface area is 253 Å². The molecule has 42 heavy (non-hydrogen) atoms. The second-order valence-electron chi connectivity index (χ2n) is 11.9. The molecule has 3 aromatic carbocycles. The molecule has 1 N–H and O–H groups in total. The average Bonchev–Trinajstić information content (AvgIpc) is 3.50. The molecule has 0 amide bonds. The first-order chi connectivity index (χ1) is 20.5. The number of carboxylic acid groups (broad SMARTS) is 1. The second kappa shape index (κ2) is 13.1. The SMILES string of the molecule is CC1CCC(c2ccc(COc3ccc(-c4ccc(CN5CCN(c6ccc(C(=O)O)cc6)CC5)s4)cc3)cc2)CC1. The summed E-state index contributed by atoms with van der Waals surface area (Å²) in [4.78, 5) is 18.6. The van der Waals surface area contributed by atoms with Crippen LogP contribution in [0.5, 0.6) is 5.75 Å². The Morgan fingerprint density at radius 3 is 2.19 bits per heavy atom. The van der Waals surface area contributed by atoms with Gasteiger partial charge in [-0.15, -0.1) is 11.3 Å². The Morgan fingerprint density at radius 2 is 1.52 bits per heavy atom. The van der Waals surface area contributed by atoms with Crippen LogP contribution in [-0.2, 0) is 13.2 Å². The minimum atomic E-state index is -0.883. The molecule has 1 aromatic heterocycles. The molecule has 2 heterocycles. The number of carboxylic acids is 1. The van der Waals surface area contributed by atoms with E-state index in [1.165, 1.54) is 52.1 Å². The zero-order valence-corrected chi connectivity index (χ0v) is 25.2. The highest BCUT2D eigenvalue weighted by Gasteiger charge is 2.20. The molecule has 6 heteroatoms. The Hall–Kier alpha value is -3.61. The third-order valence-corrected chi connectivity index (χ3v) is 10.0. The third-order valence-electron chi connectivity index (χ3n) is 8.90. The lowest BCUT2D eigenvalue weighted by Crippen LogP contribution is -2.45. The number of thiophene rings is 1. The van der Waals surface area contributed by atoms with Crippen LogP contribution in [0, 0.1) is 5.92 Å². The third kappa shape index (κ3) is 7.05. The predicted octanol–water partition coefficient (Wildman–Crippen LogP) is 8.31. The van der Waals surface area contributed by atoms with Gasteiger partial charge in [0, 0.05) is 48.2 Å². The number of hydrogen-bond donors (Lipinski definition) is 1. The highest BCUT2D eigenvalue weighted by Crippen LogP contribution is 2.36. The zero-order chi connectivity index (χ0) is 28.9. The van der Waals surface area contributed by atoms with Crippen molar-refractivity contribution in [1.29, 1.82) is 0 Å². The Kier molecular flexibility index (Phi) is 8.92. The summed E-state index contributed by atoms with van der Waals surface area (Å²) in [6.07, 6.45) is 5.34. The number of nitrogens with zero attached hydrogens (tertiary/aromatic N) is 2. The van der Waals surface area contributed by atoms with E-state index in [0.29, 0.717) is 12.2 Å². The molecule has 218 valence electrons. The van der Waals surface area contributed by atoms with Gasteiger partial charge in [-0.1, -0.05) is 44.0 Å². The fraction of sp³-hybridized carbons (Fsp3) is 0.361. The van der Waals surface area contributed by atoms with Crippen LogP contribution < -0.4 is 9.64 Å². The molecule has 0 radical (unpaired) electrons. The van der Waals surface area contributed by atoms with Crippen LogP contribution in [0.2, 0.25) is 0 Å². The van der Waals surface area contributed by atoms with Crippen LogP contribution in [0.15, 0.2) is 84.9 Å². The van der Waals surface area contributed by atoms with Crippen LogP contribution in [0.3, 0.4) is 0 Å². The molecule has 0 unspecified atom stereocenters. The quantitative estimate of drug-likeness (QED) is 0.216. The van der Waals surface area contributed by atoms with E-state index in [1.807, 2.05) is 23.5 Å². The van der Waals surface area contributed by atoms with Crippen molar-refractivity contribution in [2.24, 2.45) is 5.92 Å². The fourth-order valence-corrected chi connectivity index (χ4v) is 7.23. The molecule has 4 aromatic rings. The number of piperazine rings is 1. The summed E-state index contributed by atoms with van der Waals surface area (Å²) in [5.41, 5.74) is 5.34. The van der Waals surface area contributed by atoms with Crippen molar-refractivity contribution >= 4 is 23.0 Å². The van der Waals surface area contributed by atoms with Crippen molar-refractivity contribution in [2.45, 2.75) is 51.7 Å². The zero-order valence-electron chi connectivity index (χ0n) is 24.4. The maximum Gasteiger partial charge on any atom is 0.335 e. The van der Waals surface area contributed by atoms with Gasteiger partial charge in [0.1, 0.15) is 12.4 Å². The smallest absolute Gasteiger partial charge is 0.335 e. The largest absolute Gasteiger partial charge is 0.489 e. The number of hydrogen-bond acceptors (Lipinski definition) is 5. The maximum atomic E-state index is 11.1. The lowest BCUT2D eigenvalue weighted by Gasteiger charge is -2.36. The average molecular weight is 581 g/mol. The molecule has 0 spiro atoms. The number of benzene rings is 3. The lowest BCUT2D eigenvalue weighted by atomic mass is 9.79. The van der Waals surface area contributed by atoms with E-state index in [-0.39, 0.29) is 0 Å². The van der Waals surface area contributed by atoms with Gasteiger partial charge in [-0.05, 0) is 102 Å². The summed E-state index contributed by atoms with van der Waals surface area (Å²) in [5.74, 6) is 1.63. The molecule has 1 saturated heterocycles. The van der Waals surface area contributed by atoms with Crippen LogP contribution in [0.25, 0.3) is 10.4 Å². The highest BCUT2D eigenvalue weighted by molar-refractivity contribution is 7.15. The Bertz CT molecular complexity index is 1450. The van der Waals surface area contributed by atoms with Gasteiger partial charge in [0.05, 0.1) is 5.56 Å². The van der Waals surface area contributed by atoms with E-state index in [4.69, 9.17) is 9.84 Å². The molecule has 2 fully saturated rings. The molecule has 2 aliphatic rings. The van der Waals surface area contributed by atoms with Crippen molar-refractivity contribution in [1.82, 2.24) is 4.90 Å². The summed E-state index contributed by atoms with van der Waals surface area (Å²) in [5, 5.41) is 9.13. The fourth-order valence-electron chi connectivity index (χ4n) is 6.18. The van der Waals surface area contributed by atoms with Crippen LogP contribution >= 0.6 is 11.3 Å². The van der Waals surface area contributed by atoms with Gasteiger partial charge in [-0.3, -0.25) is 4.90 Å². The monoisotopic (exact) mass is 580 g/mol. The summed E-state index contributed by atoms with van der Waals surface area (Å²) in [6.45, 7) is 7.78. The van der Waals surface area contributed by atoms with Crippen molar-refractivity contribution in [3.63, 3.8) is 0 Å². The topological polar surface area (TPSA) is 53.0 Å². The van der Waals surface area contributed by atoms with E-state index in [0.717, 1.165) is 56.0 Å². The van der Waals surface area contributed by atoms with E-state index in [2.05, 4.69) is 77.4 Å². The first-order valence-electron chi connectivity index (χ1n) is 15.2. The Morgan fingerprint density at radius 1 is 0.833 bits per heavy atom. The molecule has 1 aliphatic heterocycles.